The fourth-order valence-electron chi connectivity index (χ4n) is 2.74. The van der Waals surface area contributed by atoms with Crippen molar-refractivity contribution in [2.45, 2.75) is 0 Å². The molecule has 0 aliphatic carbocycles. The summed E-state index contributed by atoms with van der Waals surface area (Å²) >= 11 is 0. The second kappa shape index (κ2) is 8.09. The first-order valence-corrected chi connectivity index (χ1v) is 8.75. The van der Waals surface area contributed by atoms with Gasteiger partial charge < -0.3 is 0 Å². The molecule has 0 aliphatic rings. The fourth-order valence-corrected chi connectivity index (χ4v) is 2.74. The summed E-state index contributed by atoms with van der Waals surface area (Å²) in [6, 6.07) is 22.9. The molecule has 4 rings (SSSR count). The van der Waals surface area contributed by atoms with E-state index in [4.69, 9.17) is 0 Å². The van der Waals surface area contributed by atoms with Gasteiger partial charge in [-0.2, -0.15) is 10.2 Å². The maximum Gasteiger partial charge on any atom is 0.275 e. The fraction of sp³-hybridized carbons (Fsp3) is 0. The molecule has 6 nitrogen and oxygen atoms in total. The standard InChI is InChI=1S/C22H17N5O/c28-22(25-24-15-17-11-13-23-14-12-17)20-16-27(19-9-5-2-6-10-19)26-21(20)18-7-3-1-4-8-18/h1-16H,(H,25,28). The highest BCUT2D eigenvalue weighted by molar-refractivity contribution is 6.00. The molecule has 4 aromatic rings. The zero-order chi connectivity index (χ0) is 19.2. The van der Waals surface area contributed by atoms with Gasteiger partial charge in [0.25, 0.3) is 5.91 Å². The lowest BCUT2D eigenvalue weighted by atomic mass is 10.1. The molecule has 0 fully saturated rings. The molecule has 1 N–H and O–H groups in total. The van der Waals surface area contributed by atoms with Crippen molar-refractivity contribution in [3.63, 3.8) is 0 Å². The second-order valence-electron chi connectivity index (χ2n) is 6.02. The highest BCUT2D eigenvalue weighted by Gasteiger charge is 2.18. The highest BCUT2D eigenvalue weighted by Crippen LogP contribution is 2.23. The van der Waals surface area contributed by atoms with Crippen LogP contribution in [0.4, 0.5) is 0 Å². The van der Waals surface area contributed by atoms with Gasteiger partial charge in [0.1, 0.15) is 5.69 Å². The minimum atomic E-state index is -0.327. The summed E-state index contributed by atoms with van der Waals surface area (Å²) in [6.07, 6.45) is 6.62. The number of nitrogens with zero attached hydrogens (tertiary/aromatic N) is 4. The molecule has 2 aromatic carbocycles. The van der Waals surface area contributed by atoms with Gasteiger partial charge in [0.2, 0.25) is 0 Å². The first-order chi connectivity index (χ1) is 13.8. The van der Waals surface area contributed by atoms with E-state index in [1.807, 2.05) is 60.7 Å². The van der Waals surface area contributed by atoms with Crippen LogP contribution in [0, 0.1) is 0 Å². The number of hydrogen-bond donors (Lipinski definition) is 1. The summed E-state index contributed by atoms with van der Waals surface area (Å²) in [5.41, 5.74) is 6.21. The van der Waals surface area contributed by atoms with Crippen LogP contribution in [0.3, 0.4) is 0 Å². The maximum atomic E-state index is 12.8. The van der Waals surface area contributed by atoms with Crippen molar-refractivity contribution in [2.24, 2.45) is 5.10 Å². The molecule has 0 bridgehead atoms. The summed E-state index contributed by atoms with van der Waals surface area (Å²) in [5.74, 6) is -0.327. The number of carbonyl (C=O) groups excluding carboxylic acids is 1. The normalized spacial score (nSPS) is 10.9. The van der Waals surface area contributed by atoms with E-state index in [9.17, 15) is 4.79 Å². The number of hydrazone groups is 1. The Morgan fingerprint density at radius 2 is 1.61 bits per heavy atom. The summed E-state index contributed by atoms with van der Waals surface area (Å²) < 4.78 is 1.70. The van der Waals surface area contributed by atoms with Crippen LogP contribution in [0.1, 0.15) is 15.9 Å². The number of nitrogens with one attached hydrogen (secondary N) is 1. The number of carbonyl (C=O) groups is 1. The molecule has 1 amide bonds. The molecular weight excluding hydrogens is 350 g/mol. The molecule has 0 saturated carbocycles. The number of para-hydroxylation sites is 1. The van der Waals surface area contributed by atoms with E-state index in [0.717, 1.165) is 16.8 Å². The van der Waals surface area contributed by atoms with Crippen LogP contribution < -0.4 is 5.43 Å². The van der Waals surface area contributed by atoms with E-state index in [1.54, 1.807) is 41.6 Å². The van der Waals surface area contributed by atoms with E-state index in [2.05, 4.69) is 20.6 Å². The third-order valence-electron chi connectivity index (χ3n) is 4.11. The number of amides is 1. The Hall–Kier alpha value is -4.06. The van der Waals surface area contributed by atoms with Crippen LogP contribution in [0.2, 0.25) is 0 Å². The van der Waals surface area contributed by atoms with Gasteiger partial charge in [-0.25, -0.2) is 10.1 Å². The zero-order valence-electron chi connectivity index (χ0n) is 14.9. The minimum Gasteiger partial charge on any atom is -0.267 e. The quantitative estimate of drug-likeness (QED) is 0.432. The lowest BCUT2D eigenvalue weighted by Crippen LogP contribution is -2.17. The third-order valence-corrected chi connectivity index (χ3v) is 4.11. The van der Waals surface area contributed by atoms with Gasteiger partial charge in [0.15, 0.2) is 0 Å². The average Bonchev–Trinajstić information content (AvgIpc) is 3.21. The zero-order valence-corrected chi connectivity index (χ0v) is 14.9. The van der Waals surface area contributed by atoms with Crippen LogP contribution in [0.5, 0.6) is 0 Å². The van der Waals surface area contributed by atoms with E-state index >= 15 is 0 Å². The summed E-state index contributed by atoms with van der Waals surface area (Å²) in [4.78, 5) is 16.7. The van der Waals surface area contributed by atoms with Gasteiger partial charge >= 0.3 is 0 Å². The Kier molecular flexibility index (Phi) is 5.02. The summed E-state index contributed by atoms with van der Waals surface area (Å²) in [6.45, 7) is 0. The van der Waals surface area contributed by atoms with E-state index < -0.39 is 0 Å². The molecule has 0 unspecified atom stereocenters. The van der Waals surface area contributed by atoms with Crippen molar-refractivity contribution >= 4 is 12.1 Å². The maximum absolute atomic E-state index is 12.8. The second-order valence-corrected chi connectivity index (χ2v) is 6.02. The topological polar surface area (TPSA) is 72.2 Å². The summed E-state index contributed by atoms with van der Waals surface area (Å²) in [7, 11) is 0. The molecule has 0 atom stereocenters. The van der Waals surface area contributed by atoms with Gasteiger partial charge in [-0.1, -0.05) is 48.5 Å². The molecule has 136 valence electrons. The predicted octanol–water partition coefficient (Wildman–Crippen LogP) is 3.70. The van der Waals surface area contributed by atoms with Gasteiger partial charge in [0.05, 0.1) is 17.5 Å². The largest absolute Gasteiger partial charge is 0.275 e. The number of rotatable bonds is 5. The van der Waals surface area contributed by atoms with Crippen molar-refractivity contribution in [1.82, 2.24) is 20.2 Å². The number of pyridine rings is 1. The first-order valence-electron chi connectivity index (χ1n) is 8.75. The molecule has 2 aromatic heterocycles. The van der Waals surface area contributed by atoms with Gasteiger partial charge in [0, 0.05) is 24.2 Å². The van der Waals surface area contributed by atoms with E-state index in [1.165, 1.54) is 0 Å². The van der Waals surface area contributed by atoms with Crippen LogP contribution in [0.15, 0.2) is 96.5 Å². The molecular formula is C22H17N5O. The van der Waals surface area contributed by atoms with Crippen LogP contribution in [0.25, 0.3) is 16.9 Å². The number of aromatic nitrogens is 3. The Morgan fingerprint density at radius 3 is 2.32 bits per heavy atom. The van der Waals surface area contributed by atoms with E-state index in [0.29, 0.717) is 11.3 Å². The number of benzene rings is 2. The SMILES string of the molecule is O=C(NN=Cc1ccncc1)c1cn(-c2ccccc2)nc1-c1ccccc1. The molecule has 6 heteroatoms. The minimum absolute atomic E-state index is 0.327. The van der Waals surface area contributed by atoms with Gasteiger partial charge in [-0.05, 0) is 29.8 Å². The number of hydrogen-bond acceptors (Lipinski definition) is 4. The molecule has 2 heterocycles. The van der Waals surface area contributed by atoms with Gasteiger partial charge in [-0.3, -0.25) is 9.78 Å². The molecule has 0 aliphatic heterocycles. The van der Waals surface area contributed by atoms with Crippen molar-refractivity contribution < 1.29 is 4.79 Å². The average molecular weight is 367 g/mol. The first kappa shape index (κ1) is 17.4. The van der Waals surface area contributed by atoms with Crippen LogP contribution in [-0.4, -0.2) is 26.9 Å². The van der Waals surface area contributed by atoms with Crippen molar-refractivity contribution in [3.8, 4) is 16.9 Å². The molecule has 0 saturated heterocycles. The van der Waals surface area contributed by atoms with E-state index in [-0.39, 0.29) is 5.91 Å². The Morgan fingerprint density at radius 1 is 0.929 bits per heavy atom. The predicted molar refractivity (Wildman–Crippen MR) is 108 cm³/mol. The van der Waals surface area contributed by atoms with Crippen molar-refractivity contribution in [2.75, 3.05) is 0 Å². The molecule has 28 heavy (non-hydrogen) atoms. The van der Waals surface area contributed by atoms with Crippen molar-refractivity contribution in [3.05, 3.63) is 103 Å². The third kappa shape index (κ3) is 3.86. The van der Waals surface area contributed by atoms with Crippen LogP contribution in [-0.2, 0) is 0 Å². The van der Waals surface area contributed by atoms with Crippen LogP contribution >= 0.6 is 0 Å². The Bertz CT molecular complexity index is 1090. The smallest absolute Gasteiger partial charge is 0.267 e. The molecule has 0 spiro atoms. The monoisotopic (exact) mass is 367 g/mol. The lowest BCUT2D eigenvalue weighted by Gasteiger charge is -2.01. The van der Waals surface area contributed by atoms with Crippen molar-refractivity contribution in [1.29, 1.82) is 0 Å². The molecule has 0 radical (unpaired) electrons. The van der Waals surface area contributed by atoms with Gasteiger partial charge in [-0.15, -0.1) is 0 Å². The lowest BCUT2D eigenvalue weighted by molar-refractivity contribution is 0.0956. The Labute approximate surface area is 162 Å². The highest BCUT2D eigenvalue weighted by atomic mass is 16.2. The summed E-state index contributed by atoms with van der Waals surface area (Å²) in [5, 5.41) is 8.68. The Balaban J connectivity index is 1.65.